The second kappa shape index (κ2) is 9.59. The predicted octanol–water partition coefficient (Wildman–Crippen LogP) is 5.58. The van der Waals surface area contributed by atoms with Crippen LogP contribution in [0.3, 0.4) is 0 Å². The molecule has 4 aromatic rings. The fourth-order valence-electron chi connectivity index (χ4n) is 4.77. The molecule has 0 amide bonds. The van der Waals surface area contributed by atoms with Crippen LogP contribution in [-0.2, 0) is 13.0 Å². The molecular formula is C25H26F3N7S. The summed E-state index contributed by atoms with van der Waals surface area (Å²) >= 11 is 1.06. The van der Waals surface area contributed by atoms with Gasteiger partial charge >= 0.3 is 6.18 Å². The first-order valence-corrected chi connectivity index (χ1v) is 12.6. The molecule has 11 heteroatoms. The lowest BCUT2D eigenvalue weighted by Crippen LogP contribution is -2.39. The number of rotatable bonds is 6. The highest BCUT2D eigenvalue weighted by Gasteiger charge is 2.29. The molecule has 0 unspecified atom stereocenters. The molecule has 5 rings (SSSR count). The minimum Gasteiger partial charge on any atom is -0.367 e. The maximum absolute atomic E-state index is 12.9. The first-order valence-electron chi connectivity index (χ1n) is 11.8. The van der Waals surface area contributed by atoms with Crippen molar-refractivity contribution >= 4 is 44.2 Å². The zero-order valence-corrected chi connectivity index (χ0v) is 20.8. The van der Waals surface area contributed by atoms with Crippen LogP contribution in [0, 0.1) is 18.3 Å². The van der Waals surface area contributed by atoms with Gasteiger partial charge in [-0.1, -0.05) is 6.07 Å². The van der Waals surface area contributed by atoms with Crippen molar-refractivity contribution in [1.82, 2.24) is 19.9 Å². The van der Waals surface area contributed by atoms with Crippen LogP contribution in [0.4, 0.5) is 24.9 Å². The van der Waals surface area contributed by atoms with Crippen molar-refractivity contribution in [2.24, 2.45) is 0 Å². The Morgan fingerprint density at radius 3 is 2.67 bits per heavy atom. The van der Waals surface area contributed by atoms with Crippen molar-refractivity contribution in [2.45, 2.75) is 44.9 Å². The number of anilines is 2. The minimum absolute atomic E-state index is 0.168. The lowest BCUT2D eigenvalue weighted by Gasteiger charge is -2.33. The Balaban J connectivity index is 1.27. The van der Waals surface area contributed by atoms with Gasteiger partial charge in [-0.2, -0.15) is 23.4 Å². The molecule has 1 saturated heterocycles. The van der Waals surface area contributed by atoms with E-state index in [0.717, 1.165) is 54.7 Å². The van der Waals surface area contributed by atoms with Crippen LogP contribution in [0.5, 0.6) is 0 Å². The minimum atomic E-state index is -4.26. The Kier molecular flexibility index (Phi) is 6.49. The summed E-state index contributed by atoms with van der Waals surface area (Å²) < 4.78 is 38.8. The molecule has 1 aliphatic rings. The number of fused-ring (bicyclic) bond motifs is 2. The summed E-state index contributed by atoms with van der Waals surface area (Å²) in [4.78, 5) is 15.2. The van der Waals surface area contributed by atoms with Crippen LogP contribution in [0.25, 0.3) is 21.1 Å². The van der Waals surface area contributed by atoms with Gasteiger partial charge < -0.3 is 15.6 Å². The quantitative estimate of drug-likeness (QED) is 0.312. The van der Waals surface area contributed by atoms with Gasteiger partial charge in [-0.05, 0) is 49.1 Å². The van der Waals surface area contributed by atoms with Crippen molar-refractivity contribution in [3.63, 3.8) is 0 Å². The van der Waals surface area contributed by atoms with E-state index in [1.165, 1.54) is 11.1 Å². The van der Waals surface area contributed by atoms with Crippen LogP contribution in [0.1, 0.15) is 34.5 Å². The van der Waals surface area contributed by atoms with Crippen LogP contribution in [-0.4, -0.2) is 52.2 Å². The van der Waals surface area contributed by atoms with E-state index in [2.05, 4.69) is 49.5 Å². The summed E-state index contributed by atoms with van der Waals surface area (Å²) in [5, 5.41) is 17.3. The maximum Gasteiger partial charge on any atom is 0.393 e. The number of hydrogen-bond acceptors (Lipinski definition) is 7. The number of benzene rings is 1. The van der Waals surface area contributed by atoms with E-state index >= 15 is 0 Å². The highest BCUT2D eigenvalue weighted by Crippen LogP contribution is 2.34. The molecule has 0 atom stereocenters. The van der Waals surface area contributed by atoms with Crippen LogP contribution >= 0.6 is 11.3 Å². The first-order chi connectivity index (χ1) is 17.2. The smallest absolute Gasteiger partial charge is 0.367 e. The SMILES string of the molecule is CNc1nc(NC2CCN(Cc3ccc4[nH]c(C#N)cc4c3C)CC2)c2cc(CC(F)(F)F)sc2n1. The average molecular weight is 514 g/mol. The number of nitrogens with zero attached hydrogens (tertiary/aromatic N) is 4. The lowest BCUT2D eigenvalue weighted by molar-refractivity contribution is -0.126. The molecule has 1 fully saturated rings. The summed E-state index contributed by atoms with van der Waals surface area (Å²) in [5.41, 5.74) is 3.96. The van der Waals surface area contributed by atoms with Gasteiger partial charge in [0.05, 0.1) is 11.8 Å². The molecule has 188 valence electrons. The zero-order chi connectivity index (χ0) is 25.4. The number of aryl methyl sites for hydroxylation is 1. The molecule has 0 radical (unpaired) electrons. The monoisotopic (exact) mass is 513 g/mol. The fraction of sp³-hybridized carbons (Fsp3) is 0.400. The van der Waals surface area contributed by atoms with Gasteiger partial charge in [-0.3, -0.25) is 4.90 Å². The van der Waals surface area contributed by atoms with Crippen molar-refractivity contribution in [1.29, 1.82) is 5.26 Å². The van der Waals surface area contributed by atoms with Gasteiger partial charge in [0.1, 0.15) is 22.4 Å². The van der Waals surface area contributed by atoms with E-state index in [4.69, 9.17) is 0 Å². The number of H-pyrrole nitrogens is 1. The molecule has 3 aromatic heterocycles. The normalized spacial score (nSPS) is 15.4. The number of likely N-dealkylation sites (tertiary alicyclic amines) is 1. The molecule has 0 saturated carbocycles. The third kappa shape index (κ3) is 5.10. The van der Waals surface area contributed by atoms with Gasteiger partial charge in [0.25, 0.3) is 0 Å². The molecule has 7 nitrogen and oxygen atoms in total. The van der Waals surface area contributed by atoms with Gasteiger partial charge in [0.2, 0.25) is 5.95 Å². The Bertz CT molecular complexity index is 1440. The Morgan fingerprint density at radius 2 is 1.97 bits per heavy atom. The topological polar surface area (TPSA) is 92.7 Å². The van der Waals surface area contributed by atoms with Crippen molar-refractivity contribution in [3.8, 4) is 6.07 Å². The third-order valence-electron chi connectivity index (χ3n) is 6.67. The molecule has 36 heavy (non-hydrogen) atoms. The zero-order valence-electron chi connectivity index (χ0n) is 20.0. The van der Waals surface area contributed by atoms with Crippen LogP contribution in [0.2, 0.25) is 0 Å². The first kappa shape index (κ1) is 24.3. The Hall–Kier alpha value is -3.36. The van der Waals surface area contributed by atoms with E-state index in [0.29, 0.717) is 27.7 Å². The average Bonchev–Trinajstić information content (AvgIpc) is 3.44. The Labute approximate surface area is 210 Å². The summed E-state index contributed by atoms with van der Waals surface area (Å²) in [6.45, 7) is 4.70. The predicted molar refractivity (Wildman–Crippen MR) is 136 cm³/mol. The largest absolute Gasteiger partial charge is 0.393 e. The molecule has 0 spiro atoms. The van der Waals surface area contributed by atoms with Crippen molar-refractivity contribution in [3.05, 3.63) is 46.0 Å². The standard InChI is InChI=1S/C25H26F3N7S/c1-14-15(3-4-21-19(14)9-17(12-29)31-21)13-35-7-5-16(6-8-35)32-22-20-10-18(11-25(26,27)28)36-23(20)34-24(30-2)33-22/h3-4,9-10,16,31H,5-8,11,13H2,1-2H3,(H2,30,32,33,34). The lowest BCUT2D eigenvalue weighted by atomic mass is 10.0. The van der Waals surface area contributed by atoms with E-state index in [1.54, 1.807) is 13.1 Å². The molecule has 0 aliphatic carbocycles. The number of aromatic nitrogens is 3. The van der Waals surface area contributed by atoms with E-state index in [-0.39, 0.29) is 10.9 Å². The molecule has 1 aromatic carbocycles. The summed E-state index contributed by atoms with van der Waals surface area (Å²) in [7, 11) is 1.70. The van der Waals surface area contributed by atoms with E-state index < -0.39 is 12.6 Å². The maximum atomic E-state index is 12.9. The van der Waals surface area contributed by atoms with Gasteiger partial charge in [0.15, 0.2) is 0 Å². The number of thiophene rings is 1. The highest BCUT2D eigenvalue weighted by atomic mass is 32.1. The van der Waals surface area contributed by atoms with E-state index in [9.17, 15) is 18.4 Å². The number of alkyl halides is 3. The number of halogens is 3. The van der Waals surface area contributed by atoms with Crippen LogP contribution < -0.4 is 10.6 Å². The molecule has 1 aliphatic heterocycles. The molecular weight excluding hydrogens is 487 g/mol. The summed E-state index contributed by atoms with van der Waals surface area (Å²) in [6, 6.07) is 9.93. The van der Waals surface area contributed by atoms with Crippen molar-refractivity contribution in [2.75, 3.05) is 30.8 Å². The second-order valence-corrected chi connectivity index (χ2v) is 10.3. The summed E-state index contributed by atoms with van der Waals surface area (Å²) in [6.07, 6.45) is -3.44. The number of nitrogens with one attached hydrogen (secondary N) is 3. The van der Waals surface area contributed by atoms with Gasteiger partial charge in [0, 0.05) is 48.5 Å². The Morgan fingerprint density at radius 1 is 1.19 bits per heavy atom. The number of aromatic amines is 1. The molecule has 0 bridgehead atoms. The highest BCUT2D eigenvalue weighted by molar-refractivity contribution is 7.18. The second-order valence-electron chi connectivity index (χ2n) is 9.17. The number of piperidine rings is 1. The number of hydrogen-bond donors (Lipinski definition) is 3. The van der Waals surface area contributed by atoms with E-state index in [1.807, 2.05) is 12.1 Å². The molecule has 3 N–H and O–H groups in total. The molecule has 4 heterocycles. The summed E-state index contributed by atoms with van der Waals surface area (Å²) in [5.74, 6) is 0.965. The van der Waals surface area contributed by atoms with Gasteiger partial charge in [-0.15, -0.1) is 11.3 Å². The van der Waals surface area contributed by atoms with Gasteiger partial charge in [-0.25, -0.2) is 4.98 Å². The van der Waals surface area contributed by atoms with Crippen LogP contribution in [0.15, 0.2) is 24.3 Å². The fourth-order valence-corrected chi connectivity index (χ4v) is 5.83. The number of nitriles is 1. The third-order valence-corrected chi connectivity index (χ3v) is 7.70. The van der Waals surface area contributed by atoms with Crippen molar-refractivity contribution < 1.29 is 13.2 Å².